The lowest BCUT2D eigenvalue weighted by Gasteiger charge is -1.97. The molecule has 0 aliphatic carbocycles. The second-order valence-electron chi connectivity index (χ2n) is 4.02. The number of carbonyl (C=O) groups is 1. The van der Waals surface area contributed by atoms with Gasteiger partial charge in [-0.3, -0.25) is 4.79 Å². The molecule has 3 heterocycles. The normalized spacial score (nSPS) is 11.0. The predicted octanol–water partition coefficient (Wildman–Crippen LogP) is 3.93. The number of aryl methyl sites for hydroxylation is 1. The van der Waals surface area contributed by atoms with Gasteiger partial charge in [0.2, 0.25) is 0 Å². The van der Waals surface area contributed by atoms with E-state index in [1.807, 2.05) is 12.1 Å². The molecule has 0 fully saturated rings. The van der Waals surface area contributed by atoms with E-state index in [9.17, 15) is 4.79 Å². The fourth-order valence-corrected chi connectivity index (χ4v) is 3.59. The fraction of sp³-hybridized carbons (Fsp3) is 0.154. The smallest absolute Gasteiger partial charge is 0.169 e. The third kappa shape index (κ3) is 1.85. The van der Waals surface area contributed by atoms with Gasteiger partial charge in [-0.25, -0.2) is 9.97 Å². The van der Waals surface area contributed by atoms with Crippen LogP contribution < -0.4 is 0 Å². The Bertz CT molecular complexity index is 742. The van der Waals surface area contributed by atoms with Crippen LogP contribution in [0.25, 0.3) is 20.8 Å². The minimum atomic E-state index is 0.0954. The molecule has 0 N–H and O–H groups in total. The van der Waals surface area contributed by atoms with Crippen LogP contribution in [0.15, 0.2) is 24.5 Å². The van der Waals surface area contributed by atoms with Crippen LogP contribution in [0, 0.1) is 6.92 Å². The molecule has 0 amide bonds. The van der Waals surface area contributed by atoms with E-state index in [0.29, 0.717) is 0 Å². The Morgan fingerprint density at radius 1 is 1.22 bits per heavy atom. The van der Waals surface area contributed by atoms with Gasteiger partial charge in [-0.15, -0.1) is 22.7 Å². The van der Waals surface area contributed by atoms with Crippen LogP contribution in [-0.4, -0.2) is 15.8 Å². The lowest BCUT2D eigenvalue weighted by molar-refractivity contribution is 0.102. The van der Waals surface area contributed by atoms with Crippen molar-refractivity contribution in [2.45, 2.75) is 13.8 Å². The second kappa shape index (κ2) is 4.26. The van der Waals surface area contributed by atoms with Crippen LogP contribution in [0.3, 0.4) is 0 Å². The topological polar surface area (TPSA) is 42.9 Å². The number of ketones is 1. The molecule has 0 radical (unpaired) electrons. The molecule has 0 aromatic carbocycles. The number of Topliss-reactive ketones (excluding diaryl/α,β-unsaturated/α-hetero) is 1. The van der Waals surface area contributed by atoms with Crippen molar-refractivity contribution in [1.82, 2.24) is 9.97 Å². The number of fused-ring (bicyclic) bond motifs is 1. The van der Waals surface area contributed by atoms with Gasteiger partial charge in [-0.1, -0.05) is 0 Å². The molecule has 0 unspecified atom stereocenters. The van der Waals surface area contributed by atoms with Crippen molar-refractivity contribution in [3.63, 3.8) is 0 Å². The lowest BCUT2D eigenvalue weighted by atomic mass is 10.2. The van der Waals surface area contributed by atoms with Crippen LogP contribution in [0.5, 0.6) is 0 Å². The Kier molecular flexibility index (Phi) is 2.72. The van der Waals surface area contributed by atoms with Crippen molar-refractivity contribution in [1.29, 1.82) is 0 Å². The Morgan fingerprint density at radius 3 is 2.78 bits per heavy atom. The van der Waals surface area contributed by atoms with Gasteiger partial charge in [0.05, 0.1) is 15.4 Å². The van der Waals surface area contributed by atoms with Crippen LogP contribution in [0.1, 0.15) is 21.5 Å². The van der Waals surface area contributed by atoms with Gasteiger partial charge in [0.1, 0.15) is 11.2 Å². The quantitative estimate of drug-likeness (QED) is 0.665. The van der Waals surface area contributed by atoms with Gasteiger partial charge >= 0.3 is 0 Å². The molecular weight excluding hydrogens is 264 g/mol. The van der Waals surface area contributed by atoms with E-state index in [4.69, 9.17) is 0 Å². The summed E-state index contributed by atoms with van der Waals surface area (Å²) in [5, 5.41) is 1.07. The molecule has 0 atom stereocenters. The third-order valence-corrected chi connectivity index (χ3v) is 4.79. The van der Waals surface area contributed by atoms with E-state index in [-0.39, 0.29) is 5.78 Å². The Balaban J connectivity index is 2.21. The standard InChI is InChI=1S/C13H10N2OS2/c1-7-5-9-12(14-6-15-13(9)17-7)11-4-3-10(18-11)8(2)16/h3-6H,1-2H3. The number of thiophene rings is 2. The molecule has 3 rings (SSSR count). The molecule has 18 heavy (non-hydrogen) atoms. The zero-order valence-corrected chi connectivity index (χ0v) is 11.6. The van der Waals surface area contributed by atoms with Gasteiger partial charge < -0.3 is 0 Å². The van der Waals surface area contributed by atoms with Crippen molar-refractivity contribution in [2.75, 3.05) is 0 Å². The summed E-state index contributed by atoms with van der Waals surface area (Å²) in [6.45, 7) is 3.64. The summed E-state index contributed by atoms with van der Waals surface area (Å²) in [5.74, 6) is 0.0954. The largest absolute Gasteiger partial charge is 0.294 e. The first-order valence-electron chi connectivity index (χ1n) is 5.47. The minimum Gasteiger partial charge on any atom is -0.294 e. The molecule has 3 aromatic heterocycles. The van der Waals surface area contributed by atoms with Gasteiger partial charge in [-0.2, -0.15) is 0 Å². The number of hydrogen-bond donors (Lipinski definition) is 0. The summed E-state index contributed by atoms with van der Waals surface area (Å²) in [6, 6.07) is 5.91. The Hall–Kier alpha value is -1.59. The van der Waals surface area contributed by atoms with Crippen LogP contribution in [0.2, 0.25) is 0 Å². The van der Waals surface area contributed by atoms with Gasteiger partial charge in [0.25, 0.3) is 0 Å². The molecular formula is C13H10N2OS2. The summed E-state index contributed by atoms with van der Waals surface area (Å²) >= 11 is 3.14. The predicted molar refractivity (Wildman–Crippen MR) is 75.5 cm³/mol. The first-order chi connectivity index (χ1) is 8.65. The highest BCUT2D eigenvalue weighted by atomic mass is 32.1. The summed E-state index contributed by atoms with van der Waals surface area (Å²) in [7, 11) is 0. The maximum atomic E-state index is 11.3. The van der Waals surface area contributed by atoms with Crippen molar-refractivity contribution in [2.24, 2.45) is 0 Å². The van der Waals surface area contributed by atoms with Crippen molar-refractivity contribution < 1.29 is 4.79 Å². The van der Waals surface area contributed by atoms with E-state index in [1.54, 1.807) is 24.6 Å². The van der Waals surface area contributed by atoms with Gasteiger partial charge in [-0.05, 0) is 32.0 Å². The zero-order valence-electron chi connectivity index (χ0n) is 9.93. The second-order valence-corrected chi connectivity index (χ2v) is 6.34. The van der Waals surface area contributed by atoms with Crippen LogP contribution in [-0.2, 0) is 0 Å². The summed E-state index contributed by atoms with van der Waals surface area (Å²) in [6.07, 6.45) is 1.58. The number of rotatable bonds is 2. The van der Waals surface area contributed by atoms with E-state index in [2.05, 4.69) is 23.0 Å². The van der Waals surface area contributed by atoms with Crippen LogP contribution >= 0.6 is 22.7 Å². The number of carbonyl (C=O) groups excluding carboxylic acids is 1. The van der Waals surface area contributed by atoms with E-state index in [0.717, 1.165) is 25.7 Å². The molecule has 90 valence electrons. The highest BCUT2D eigenvalue weighted by Gasteiger charge is 2.12. The molecule has 3 aromatic rings. The molecule has 3 nitrogen and oxygen atoms in total. The Morgan fingerprint density at radius 2 is 2.06 bits per heavy atom. The molecule has 0 saturated carbocycles. The SMILES string of the molecule is CC(=O)c1ccc(-c2ncnc3sc(C)cc23)s1. The summed E-state index contributed by atoms with van der Waals surface area (Å²) < 4.78 is 0. The zero-order chi connectivity index (χ0) is 12.7. The monoisotopic (exact) mass is 274 g/mol. The molecule has 0 saturated heterocycles. The van der Waals surface area contributed by atoms with E-state index < -0.39 is 0 Å². The molecule has 0 aliphatic heterocycles. The maximum Gasteiger partial charge on any atom is 0.169 e. The number of hydrogen-bond acceptors (Lipinski definition) is 5. The molecule has 0 bridgehead atoms. The Labute approximate surface area is 112 Å². The van der Waals surface area contributed by atoms with Crippen molar-refractivity contribution in [3.05, 3.63) is 34.3 Å². The first kappa shape index (κ1) is 11.5. The molecule has 0 aliphatic rings. The molecule has 5 heteroatoms. The van der Waals surface area contributed by atoms with E-state index in [1.165, 1.54) is 16.2 Å². The third-order valence-electron chi connectivity index (χ3n) is 2.64. The summed E-state index contributed by atoms with van der Waals surface area (Å²) in [4.78, 5) is 24.0. The van der Waals surface area contributed by atoms with Crippen LogP contribution in [0.4, 0.5) is 0 Å². The number of nitrogens with zero attached hydrogens (tertiary/aromatic N) is 2. The van der Waals surface area contributed by atoms with Crippen molar-refractivity contribution in [3.8, 4) is 10.6 Å². The van der Waals surface area contributed by atoms with Crippen molar-refractivity contribution >= 4 is 38.7 Å². The first-order valence-corrected chi connectivity index (χ1v) is 7.11. The molecule has 0 spiro atoms. The fourth-order valence-electron chi connectivity index (χ4n) is 1.83. The van der Waals surface area contributed by atoms with Gasteiger partial charge in [0, 0.05) is 10.3 Å². The highest BCUT2D eigenvalue weighted by molar-refractivity contribution is 7.19. The average Bonchev–Trinajstić information content (AvgIpc) is 2.92. The minimum absolute atomic E-state index is 0.0954. The highest BCUT2D eigenvalue weighted by Crippen LogP contribution is 2.34. The average molecular weight is 274 g/mol. The number of aromatic nitrogens is 2. The summed E-state index contributed by atoms with van der Waals surface area (Å²) in [5.41, 5.74) is 0.918. The van der Waals surface area contributed by atoms with E-state index >= 15 is 0 Å². The lowest BCUT2D eigenvalue weighted by Crippen LogP contribution is -1.84. The maximum absolute atomic E-state index is 11.3. The van der Waals surface area contributed by atoms with Gasteiger partial charge in [0.15, 0.2) is 5.78 Å².